The average Bonchev–Trinajstić information content (AvgIpc) is 2.40. The number of carbonyl (C=O) groups is 1. The van der Waals surface area contributed by atoms with Crippen LogP contribution < -0.4 is 0 Å². The highest BCUT2D eigenvalue weighted by Gasteiger charge is 2.16. The second-order valence-electron chi connectivity index (χ2n) is 3.56. The Morgan fingerprint density at radius 2 is 2.00 bits per heavy atom. The van der Waals surface area contributed by atoms with Crippen molar-refractivity contribution in [1.29, 1.82) is 0 Å². The van der Waals surface area contributed by atoms with Crippen LogP contribution in [0.4, 0.5) is 0 Å². The summed E-state index contributed by atoms with van der Waals surface area (Å²) in [6, 6.07) is 8.92. The third-order valence-corrected chi connectivity index (χ3v) is 4.35. The summed E-state index contributed by atoms with van der Waals surface area (Å²) in [6.07, 6.45) is 3.40. The molecule has 2 aromatic rings. The van der Waals surface area contributed by atoms with Crippen molar-refractivity contribution >= 4 is 41.1 Å². The normalized spacial score (nSPS) is 10.4. The molecular weight excluding hydrogens is 302 g/mol. The van der Waals surface area contributed by atoms with Gasteiger partial charge in [-0.15, -0.1) is 11.8 Å². The van der Waals surface area contributed by atoms with E-state index in [4.69, 9.17) is 11.6 Å². The Morgan fingerprint density at radius 3 is 2.58 bits per heavy atom. The number of thioether (sulfide) groups is 1. The number of aromatic nitrogens is 1. The second-order valence-corrected chi connectivity index (χ2v) is 5.90. The fourth-order valence-electron chi connectivity index (χ4n) is 1.51. The fourth-order valence-corrected chi connectivity index (χ4v) is 3.22. The molecule has 0 atom stereocenters. The number of carboxylic acid groups (broad SMARTS) is 1. The molecule has 0 unspecified atom stereocenters. The van der Waals surface area contributed by atoms with Gasteiger partial charge in [0, 0.05) is 16.0 Å². The lowest BCUT2D eigenvalue weighted by Gasteiger charge is -2.09. The van der Waals surface area contributed by atoms with E-state index < -0.39 is 5.97 Å². The lowest BCUT2D eigenvalue weighted by Crippen LogP contribution is -2.01. The van der Waals surface area contributed by atoms with Crippen LogP contribution in [0, 0.1) is 0 Å². The van der Waals surface area contributed by atoms with Gasteiger partial charge >= 0.3 is 5.97 Å². The Morgan fingerprint density at radius 1 is 1.26 bits per heavy atom. The average molecular weight is 312 g/mol. The number of hydrogen-bond acceptors (Lipinski definition) is 4. The number of rotatable bonds is 4. The highest BCUT2D eigenvalue weighted by atomic mass is 35.5. The summed E-state index contributed by atoms with van der Waals surface area (Å²) >= 11 is 8.51. The highest BCUT2D eigenvalue weighted by Crippen LogP contribution is 2.34. The Balaban J connectivity index is 2.39. The first-order chi connectivity index (χ1) is 9.11. The van der Waals surface area contributed by atoms with Gasteiger partial charge in [0.1, 0.15) is 5.03 Å². The zero-order valence-electron chi connectivity index (χ0n) is 9.96. The Labute approximate surface area is 124 Å². The number of hydrogen-bond donors (Lipinski definition) is 1. The largest absolute Gasteiger partial charge is 0.478 e. The molecule has 3 nitrogen and oxygen atoms in total. The number of carboxylic acids is 1. The van der Waals surface area contributed by atoms with Crippen molar-refractivity contribution in [1.82, 2.24) is 4.98 Å². The molecule has 19 heavy (non-hydrogen) atoms. The molecule has 1 heterocycles. The van der Waals surface area contributed by atoms with Gasteiger partial charge in [-0.2, -0.15) is 0 Å². The second kappa shape index (κ2) is 6.32. The zero-order valence-corrected chi connectivity index (χ0v) is 12.4. The van der Waals surface area contributed by atoms with Gasteiger partial charge in [0.25, 0.3) is 0 Å². The molecule has 0 radical (unpaired) electrons. The van der Waals surface area contributed by atoms with Crippen molar-refractivity contribution in [2.75, 3.05) is 6.26 Å². The van der Waals surface area contributed by atoms with E-state index in [0.29, 0.717) is 20.5 Å². The smallest absolute Gasteiger partial charge is 0.337 e. The summed E-state index contributed by atoms with van der Waals surface area (Å²) in [7, 11) is 0. The Bertz CT molecular complexity index is 602. The predicted molar refractivity (Wildman–Crippen MR) is 78.6 cm³/mol. The van der Waals surface area contributed by atoms with Crippen LogP contribution in [-0.2, 0) is 0 Å². The number of halogens is 1. The zero-order chi connectivity index (χ0) is 13.8. The van der Waals surface area contributed by atoms with E-state index in [0.717, 1.165) is 4.90 Å². The summed E-state index contributed by atoms with van der Waals surface area (Å²) in [6.45, 7) is 0. The molecule has 1 N–H and O–H groups in total. The van der Waals surface area contributed by atoms with E-state index in [9.17, 15) is 9.90 Å². The predicted octanol–water partition coefficient (Wildman–Crippen LogP) is 4.31. The van der Waals surface area contributed by atoms with Gasteiger partial charge in [-0.3, -0.25) is 0 Å². The number of aromatic carboxylic acids is 1. The van der Waals surface area contributed by atoms with E-state index >= 15 is 0 Å². The highest BCUT2D eigenvalue weighted by molar-refractivity contribution is 8.00. The first-order valence-corrected chi connectivity index (χ1v) is 7.73. The lowest BCUT2D eigenvalue weighted by molar-refractivity contribution is 0.0689. The first-order valence-electron chi connectivity index (χ1n) is 5.31. The molecule has 98 valence electrons. The number of nitrogens with zero attached hydrogens (tertiary/aromatic N) is 1. The van der Waals surface area contributed by atoms with Crippen molar-refractivity contribution in [2.45, 2.75) is 14.8 Å². The standard InChI is InChI=1S/C13H10ClNO2S2/c1-18-9-3-2-4-10(12(9)13(16)17)19-11-6-5-8(14)7-15-11/h2-7H,1H3,(H,16,17). The molecule has 0 bridgehead atoms. The minimum Gasteiger partial charge on any atom is -0.478 e. The van der Waals surface area contributed by atoms with Gasteiger partial charge in [0.2, 0.25) is 0 Å². The van der Waals surface area contributed by atoms with E-state index in [1.807, 2.05) is 12.3 Å². The molecule has 0 saturated heterocycles. The number of benzene rings is 1. The van der Waals surface area contributed by atoms with E-state index in [2.05, 4.69) is 4.98 Å². The van der Waals surface area contributed by atoms with Crippen LogP contribution in [0.2, 0.25) is 5.02 Å². The van der Waals surface area contributed by atoms with Gasteiger partial charge in [-0.05, 0) is 30.5 Å². The Kier molecular flexibility index (Phi) is 4.74. The van der Waals surface area contributed by atoms with Crippen molar-refractivity contribution in [3.8, 4) is 0 Å². The number of pyridine rings is 1. The van der Waals surface area contributed by atoms with E-state index in [1.54, 1.807) is 30.5 Å². The Hall–Kier alpha value is -1.17. The molecule has 2 rings (SSSR count). The minimum absolute atomic E-state index is 0.316. The van der Waals surface area contributed by atoms with Gasteiger partial charge in [-0.25, -0.2) is 9.78 Å². The molecule has 1 aromatic carbocycles. The molecular formula is C13H10ClNO2S2. The quantitative estimate of drug-likeness (QED) is 0.853. The minimum atomic E-state index is -0.929. The summed E-state index contributed by atoms with van der Waals surface area (Å²) in [4.78, 5) is 17.0. The molecule has 0 fully saturated rings. The molecule has 0 aliphatic heterocycles. The van der Waals surface area contributed by atoms with Crippen LogP contribution in [0.25, 0.3) is 0 Å². The molecule has 0 spiro atoms. The van der Waals surface area contributed by atoms with Crippen LogP contribution in [0.5, 0.6) is 0 Å². The van der Waals surface area contributed by atoms with Crippen molar-refractivity contribution < 1.29 is 9.90 Å². The summed E-state index contributed by atoms with van der Waals surface area (Å²) in [5, 5.41) is 10.6. The third-order valence-electron chi connectivity index (χ3n) is 2.34. The summed E-state index contributed by atoms with van der Waals surface area (Å²) < 4.78 is 0. The first kappa shape index (κ1) is 14.2. The lowest BCUT2D eigenvalue weighted by atomic mass is 10.2. The summed E-state index contributed by atoms with van der Waals surface area (Å²) in [5.41, 5.74) is 0.316. The molecule has 0 aliphatic rings. The van der Waals surface area contributed by atoms with Crippen LogP contribution in [0.15, 0.2) is 51.3 Å². The monoisotopic (exact) mass is 311 g/mol. The van der Waals surface area contributed by atoms with E-state index in [1.165, 1.54) is 23.5 Å². The summed E-state index contributed by atoms with van der Waals surface area (Å²) in [5.74, 6) is -0.929. The van der Waals surface area contributed by atoms with Crippen LogP contribution in [-0.4, -0.2) is 22.3 Å². The van der Waals surface area contributed by atoms with E-state index in [-0.39, 0.29) is 0 Å². The molecule has 0 aliphatic carbocycles. The fraction of sp³-hybridized carbons (Fsp3) is 0.0769. The maximum atomic E-state index is 11.4. The van der Waals surface area contributed by atoms with Gasteiger partial charge in [-0.1, -0.05) is 29.4 Å². The maximum Gasteiger partial charge on any atom is 0.337 e. The molecule has 6 heteroatoms. The van der Waals surface area contributed by atoms with Crippen molar-refractivity contribution in [3.63, 3.8) is 0 Å². The van der Waals surface area contributed by atoms with Crippen LogP contribution in [0.3, 0.4) is 0 Å². The topological polar surface area (TPSA) is 50.2 Å². The maximum absolute atomic E-state index is 11.4. The van der Waals surface area contributed by atoms with Gasteiger partial charge in [0.05, 0.1) is 10.6 Å². The third kappa shape index (κ3) is 3.43. The van der Waals surface area contributed by atoms with Crippen molar-refractivity contribution in [3.05, 3.63) is 47.1 Å². The SMILES string of the molecule is CSc1cccc(Sc2ccc(Cl)cn2)c1C(=O)O. The van der Waals surface area contributed by atoms with Crippen molar-refractivity contribution in [2.24, 2.45) is 0 Å². The molecule has 0 amide bonds. The van der Waals surface area contributed by atoms with Gasteiger partial charge < -0.3 is 5.11 Å². The molecule has 0 saturated carbocycles. The van der Waals surface area contributed by atoms with Crippen LogP contribution >= 0.6 is 35.1 Å². The van der Waals surface area contributed by atoms with Gasteiger partial charge in [0.15, 0.2) is 0 Å². The van der Waals surface area contributed by atoms with Crippen LogP contribution in [0.1, 0.15) is 10.4 Å². The molecule has 1 aromatic heterocycles.